The summed E-state index contributed by atoms with van der Waals surface area (Å²) in [4.78, 5) is 6.78. The number of nitrogens with zero attached hydrogens (tertiary/aromatic N) is 2. The molecular formula is C20H35IN4O. The van der Waals surface area contributed by atoms with Crippen LogP contribution in [0.2, 0.25) is 0 Å². The van der Waals surface area contributed by atoms with Crippen LogP contribution in [0.5, 0.6) is 0 Å². The van der Waals surface area contributed by atoms with Crippen LogP contribution < -0.4 is 15.5 Å². The molecule has 1 unspecified atom stereocenters. The molecule has 1 saturated heterocycles. The van der Waals surface area contributed by atoms with Gasteiger partial charge < -0.3 is 20.3 Å². The fourth-order valence-corrected chi connectivity index (χ4v) is 3.06. The molecular weight excluding hydrogens is 439 g/mol. The van der Waals surface area contributed by atoms with E-state index in [4.69, 9.17) is 4.74 Å². The minimum atomic E-state index is 0. The number of rotatable bonds is 10. The smallest absolute Gasteiger partial charge is 0.190 e. The molecule has 1 aromatic carbocycles. The molecule has 0 aromatic heterocycles. The van der Waals surface area contributed by atoms with E-state index in [2.05, 4.69) is 57.8 Å². The summed E-state index contributed by atoms with van der Waals surface area (Å²) in [7, 11) is 1.83. The lowest BCUT2D eigenvalue weighted by atomic mass is 10.1. The van der Waals surface area contributed by atoms with Gasteiger partial charge in [0.1, 0.15) is 0 Å². The molecule has 0 radical (unpaired) electrons. The Kier molecular flexibility index (Phi) is 12.5. The van der Waals surface area contributed by atoms with Crippen LogP contribution in [0.1, 0.15) is 32.6 Å². The molecule has 2 rings (SSSR count). The van der Waals surface area contributed by atoms with Crippen LogP contribution in [0.3, 0.4) is 0 Å². The maximum absolute atomic E-state index is 5.58. The number of nitrogens with one attached hydrogen (secondary N) is 2. The number of aliphatic imine (C=N–C) groups is 1. The van der Waals surface area contributed by atoms with E-state index in [0.717, 1.165) is 58.2 Å². The van der Waals surface area contributed by atoms with E-state index < -0.39 is 0 Å². The van der Waals surface area contributed by atoms with E-state index in [-0.39, 0.29) is 24.0 Å². The van der Waals surface area contributed by atoms with Crippen LogP contribution in [0, 0.1) is 5.92 Å². The van der Waals surface area contributed by atoms with Crippen LogP contribution >= 0.6 is 24.0 Å². The van der Waals surface area contributed by atoms with Crippen molar-refractivity contribution < 1.29 is 4.74 Å². The van der Waals surface area contributed by atoms with E-state index in [1.807, 2.05) is 7.05 Å². The molecule has 0 bridgehead atoms. The second-order valence-electron chi connectivity index (χ2n) is 6.64. The second kappa shape index (κ2) is 14.1. The topological polar surface area (TPSA) is 48.9 Å². The van der Waals surface area contributed by atoms with Crippen molar-refractivity contribution in [2.45, 2.75) is 32.6 Å². The Morgan fingerprint density at radius 3 is 2.69 bits per heavy atom. The summed E-state index contributed by atoms with van der Waals surface area (Å²) in [5.74, 6) is 1.56. The third kappa shape index (κ3) is 8.58. The second-order valence-corrected chi connectivity index (χ2v) is 6.64. The zero-order valence-corrected chi connectivity index (χ0v) is 18.6. The summed E-state index contributed by atoms with van der Waals surface area (Å²) >= 11 is 0. The number of anilines is 1. The maximum atomic E-state index is 5.58. The van der Waals surface area contributed by atoms with Crippen molar-refractivity contribution in [1.82, 2.24) is 10.6 Å². The van der Waals surface area contributed by atoms with Gasteiger partial charge in [0.25, 0.3) is 0 Å². The summed E-state index contributed by atoms with van der Waals surface area (Å²) in [6.07, 6.45) is 4.58. The lowest BCUT2D eigenvalue weighted by molar-refractivity contribution is 0.129. The number of hydrogen-bond acceptors (Lipinski definition) is 3. The number of hydrogen-bond donors (Lipinski definition) is 2. The molecule has 1 aliphatic heterocycles. The van der Waals surface area contributed by atoms with Crippen molar-refractivity contribution in [2.75, 3.05) is 51.3 Å². The van der Waals surface area contributed by atoms with Gasteiger partial charge in [0.15, 0.2) is 5.96 Å². The van der Waals surface area contributed by atoms with E-state index in [1.165, 1.54) is 18.5 Å². The number of ether oxygens (including phenoxy) is 1. The Labute approximate surface area is 176 Å². The van der Waals surface area contributed by atoms with Gasteiger partial charge in [-0.2, -0.15) is 0 Å². The van der Waals surface area contributed by atoms with Crippen molar-refractivity contribution >= 4 is 35.6 Å². The molecule has 5 nitrogen and oxygen atoms in total. The quantitative estimate of drug-likeness (QED) is 0.236. The molecule has 0 saturated carbocycles. The molecule has 1 heterocycles. The molecule has 1 aliphatic rings. The van der Waals surface area contributed by atoms with Crippen molar-refractivity contribution in [3.8, 4) is 0 Å². The van der Waals surface area contributed by atoms with Gasteiger partial charge in [-0.05, 0) is 37.3 Å². The lowest BCUT2D eigenvalue weighted by Crippen LogP contribution is -2.40. The third-order valence-corrected chi connectivity index (χ3v) is 4.59. The Bertz CT molecular complexity index is 498. The number of para-hydroxylation sites is 1. The van der Waals surface area contributed by atoms with E-state index in [9.17, 15) is 0 Å². The van der Waals surface area contributed by atoms with Gasteiger partial charge in [0.05, 0.1) is 0 Å². The molecule has 26 heavy (non-hydrogen) atoms. The first-order valence-electron chi connectivity index (χ1n) is 9.65. The van der Waals surface area contributed by atoms with E-state index in [0.29, 0.717) is 5.92 Å². The molecule has 6 heteroatoms. The molecule has 148 valence electrons. The number of guanidine groups is 1. The number of unbranched alkanes of at least 4 members (excludes halogenated alkanes) is 1. The zero-order chi connectivity index (χ0) is 17.7. The normalized spacial score (nSPS) is 17.1. The molecule has 1 atom stereocenters. The van der Waals surface area contributed by atoms with Crippen molar-refractivity contribution in [2.24, 2.45) is 10.9 Å². The summed E-state index contributed by atoms with van der Waals surface area (Å²) in [5, 5.41) is 6.84. The standard InChI is InChI=1S/C20H34N4O.HI/c1-3-4-14-25-15-8-12-22-20(21-2)23-16-18-11-13-24(17-18)19-9-6-5-7-10-19;/h5-7,9-10,18H,3-4,8,11-17H2,1-2H3,(H2,21,22,23);1H. The Balaban J connectivity index is 0.00000338. The van der Waals surface area contributed by atoms with Gasteiger partial charge in [0.2, 0.25) is 0 Å². The monoisotopic (exact) mass is 474 g/mol. The Morgan fingerprint density at radius 2 is 1.96 bits per heavy atom. The number of benzene rings is 1. The minimum absolute atomic E-state index is 0. The van der Waals surface area contributed by atoms with Crippen LogP contribution in [0.4, 0.5) is 5.69 Å². The molecule has 2 N–H and O–H groups in total. The lowest BCUT2D eigenvalue weighted by Gasteiger charge is -2.19. The first kappa shape index (κ1) is 23.0. The highest BCUT2D eigenvalue weighted by Gasteiger charge is 2.22. The van der Waals surface area contributed by atoms with Crippen molar-refractivity contribution in [3.63, 3.8) is 0 Å². The van der Waals surface area contributed by atoms with E-state index >= 15 is 0 Å². The molecule has 0 spiro atoms. The van der Waals surface area contributed by atoms with Gasteiger partial charge in [-0.25, -0.2) is 0 Å². The summed E-state index contributed by atoms with van der Waals surface area (Å²) < 4.78 is 5.58. The van der Waals surface area contributed by atoms with Crippen molar-refractivity contribution in [3.05, 3.63) is 30.3 Å². The van der Waals surface area contributed by atoms with E-state index in [1.54, 1.807) is 0 Å². The van der Waals surface area contributed by atoms with Crippen LogP contribution in [-0.4, -0.2) is 52.4 Å². The first-order valence-corrected chi connectivity index (χ1v) is 9.65. The minimum Gasteiger partial charge on any atom is -0.381 e. The van der Waals surface area contributed by atoms with Crippen LogP contribution in [-0.2, 0) is 4.74 Å². The van der Waals surface area contributed by atoms with Gasteiger partial charge in [0, 0.05) is 52.1 Å². The Hall–Kier alpha value is -1.02. The third-order valence-electron chi connectivity index (χ3n) is 4.59. The Morgan fingerprint density at radius 1 is 1.19 bits per heavy atom. The largest absolute Gasteiger partial charge is 0.381 e. The average Bonchev–Trinajstić information content (AvgIpc) is 3.13. The van der Waals surface area contributed by atoms with Gasteiger partial charge in [-0.1, -0.05) is 31.5 Å². The van der Waals surface area contributed by atoms with Gasteiger partial charge >= 0.3 is 0 Å². The van der Waals surface area contributed by atoms with Crippen molar-refractivity contribution in [1.29, 1.82) is 0 Å². The molecule has 1 aromatic rings. The molecule has 0 amide bonds. The highest BCUT2D eigenvalue weighted by atomic mass is 127. The fraction of sp³-hybridized carbons (Fsp3) is 0.650. The zero-order valence-electron chi connectivity index (χ0n) is 16.2. The fourth-order valence-electron chi connectivity index (χ4n) is 3.06. The highest BCUT2D eigenvalue weighted by Crippen LogP contribution is 2.22. The maximum Gasteiger partial charge on any atom is 0.190 e. The summed E-state index contributed by atoms with van der Waals surface area (Å²) in [5.41, 5.74) is 1.33. The highest BCUT2D eigenvalue weighted by molar-refractivity contribution is 14.0. The number of halogens is 1. The molecule has 0 aliphatic carbocycles. The summed E-state index contributed by atoms with van der Waals surface area (Å²) in [6, 6.07) is 10.7. The first-order chi connectivity index (χ1) is 12.3. The molecule has 1 fully saturated rings. The van der Waals surface area contributed by atoms with Crippen LogP contribution in [0.15, 0.2) is 35.3 Å². The van der Waals surface area contributed by atoms with Crippen LogP contribution in [0.25, 0.3) is 0 Å². The average molecular weight is 474 g/mol. The van der Waals surface area contributed by atoms with Gasteiger partial charge in [-0.15, -0.1) is 24.0 Å². The predicted molar refractivity (Wildman–Crippen MR) is 122 cm³/mol. The SMILES string of the molecule is CCCCOCCCNC(=NC)NCC1CCN(c2ccccc2)C1.I. The van der Waals surface area contributed by atoms with Gasteiger partial charge in [-0.3, -0.25) is 4.99 Å². The predicted octanol–water partition coefficient (Wildman–Crippen LogP) is 3.50. The summed E-state index contributed by atoms with van der Waals surface area (Å²) in [6.45, 7) is 7.99.